The Labute approximate surface area is 127 Å². The molecule has 0 atom stereocenters. The van der Waals surface area contributed by atoms with Crippen LogP contribution in [0.3, 0.4) is 0 Å². The third kappa shape index (κ3) is 3.38. The lowest BCUT2D eigenvalue weighted by Crippen LogP contribution is -2.27. The van der Waals surface area contributed by atoms with Crippen molar-refractivity contribution in [1.82, 2.24) is 5.32 Å². The van der Waals surface area contributed by atoms with E-state index < -0.39 is 0 Å². The van der Waals surface area contributed by atoms with Gasteiger partial charge in [-0.25, -0.2) is 0 Å². The van der Waals surface area contributed by atoms with E-state index >= 15 is 0 Å². The topological polar surface area (TPSA) is 21.3 Å². The fourth-order valence-electron chi connectivity index (χ4n) is 3.40. The van der Waals surface area contributed by atoms with Crippen LogP contribution in [0.2, 0.25) is 0 Å². The Morgan fingerprint density at radius 2 is 1.67 bits per heavy atom. The molecule has 2 aromatic carbocycles. The van der Waals surface area contributed by atoms with Gasteiger partial charge in [-0.3, -0.25) is 0 Å². The molecule has 21 heavy (non-hydrogen) atoms. The first-order valence-corrected chi connectivity index (χ1v) is 8.16. The van der Waals surface area contributed by atoms with Crippen LogP contribution in [0, 0.1) is 0 Å². The predicted molar refractivity (Wildman–Crippen MR) is 88.8 cm³/mol. The molecule has 0 unspecified atom stereocenters. The van der Waals surface area contributed by atoms with Gasteiger partial charge in [0.2, 0.25) is 0 Å². The second kappa shape index (κ2) is 6.95. The average molecular weight is 283 g/mol. The van der Waals surface area contributed by atoms with E-state index in [1.54, 1.807) is 7.11 Å². The minimum atomic E-state index is 0.688. The standard InChI is InChI=1S/C19H25NO/c1-21-19-13-12-15(17-10-6-7-11-18(17)19)14-20-16-8-4-2-3-5-9-16/h6-7,10-13,16,20H,2-5,8-9,14H2,1H3. The van der Waals surface area contributed by atoms with Gasteiger partial charge in [0.05, 0.1) is 7.11 Å². The van der Waals surface area contributed by atoms with E-state index in [2.05, 4.69) is 41.7 Å². The van der Waals surface area contributed by atoms with Gasteiger partial charge < -0.3 is 10.1 Å². The van der Waals surface area contributed by atoms with Gasteiger partial charge in [0, 0.05) is 18.0 Å². The van der Waals surface area contributed by atoms with Gasteiger partial charge in [0.15, 0.2) is 0 Å². The highest BCUT2D eigenvalue weighted by Gasteiger charge is 2.12. The first-order valence-electron chi connectivity index (χ1n) is 8.16. The van der Waals surface area contributed by atoms with Gasteiger partial charge in [0.25, 0.3) is 0 Å². The highest BCUT2D eigenvalue weighted by molar-refractivity contribution is 5.91. The summed E-state index contributed by atoms with van der Waals surface area (Å²) in [5.74, 6) is 0.962. The molecule has 0 saturated heterocycles. The Morgan fingerprint density at radius 3 is 2.38 bits per heavy atom. The minimum Gasteiger partial charge on any atom is -0.496 e. The number of rotatable bonds is 4. The summed E-state index contributed by atoms with van der Waals surface area (Å²) >= 11 is 0. The van der Waals surface area contributed by atoms with Gasteiger partial charge in [-0.15, -0.1) is 0 Å². The quantitative estimate of drug-likeness (QED) is 0.824. The number of ether oxygens (including phenoxy) is 1. The Hall–Kier alpha value is -1.54. The van der Waals surface area contributed by atoms with Gasteiger partial charge in [0.1, 0.15) is 5.75 Å². The molecule has 3 rings (SSSR count). The Balaban J connectivity index is 1.77. The van der Waals surface area contributed by atoms with Gasteiger partial charge in [-0.2, -0.15) is 0 Å². The molecule has 0 bridgehead atoms. The van der Waals surface area contributed by atoms with Crippen molar-refractivity contribution in [2.75, 3.05) is 7.11 Å². The number of hydrogen-bond donors (Lipinski definition) is 1. The van der Waals surface area contributed by atoms with E-state index in [0.29, 0.717) is 6.04 Å². The molecule has 0 aliphatic heterocycles. The summed E-state index contributed by atoms with van der Waals surface area (Å²) in [6.07, 6.45) is 8.22. The normalized spacial score (nSPS) is 16.8. The van der Waals surface area contributed by atoms with E-state index in [0.717, 1.165) is 12.3 Å². The van der Waals surface area contributed by atoms with Crippen molar-refractivity contribution in [3.63, 3.8) is 0 Å². The molecular formula is C19H25NO. The minimum absolute atomic E-state index is 0.688. The summed E-state index contributed by atoms with van der Waals surface area (Å²) in [7, 11) is 1.74. The van der Waals surface area contributed by atoms with E-state index in [9.17, 15) is 0 Å². The van der Waals surface area contributed by atoms with Crippen molar-refractivity contribution >= 4 is 10.8 Å². The van der Waals surface area contributed by atoms with Gasteiger partial charge >= 0.3 is 0 Å². The zero-order valence-corrected chi connectivity index (χ0v) is 12.9. The molecule has 0 heterocycles. The highest BCUT2D eigenvalue weighted by Crippen LogP contribution is 2.28. The molecule has 1 saturated carbocycles. The van der Waals surface area contributed by atoms with Crippen molar-refractivity contribution in [2.24, 2.45) is 0 Å². The maximum atomic E-state index is 5.47. The fourth-order valence-corrected chi connectivity index (χ4v) is 3.40. The van der Waals surface area contributed by atoms with E-state index in [-0.39, 0.29) is 0 Å². The number of nitrogens with one attached hydrogen (secondary N) is 1. The maximum Gasteiger partial charge on any atom is 0.126 e. The molecule has 1 N–H and O–H groups in total. The summed E-state index contributed by atoms with van der Waals surface area (Å²) in [5.41, 5.74) is 1.37. The largest absolute Gasteiger partial charge is 0.496 e. The van der Waals surface area contributed by atoms with Crippen molar-refractivity contribution in [1.29, 1.82) is 0 Å². The van der Waals surface area contributed by atoms with Crippen LogP contribution >= 0.6 is 0 Å². The summed E-state index contributed by atoms with van der Waals surface area (Å²) < 4.78 is 5.47. The zero-order valence-electron chi connectivity index (χ0n) is 12.9. The lowest BCUT2D eigenvalue weighted by molar-refractivity contribution is 0.419. The van der Waals surface area contributed by atoms with E-state index in [4.69, 9.17) is 4.74 Å². The van der Waals surface area contributed by atoms with Crippen LogP contribution in [-0.2, 0) is 6.54 Å². The van der Waals surface area contributed by atoms with E-state index in [1.165, 1.54) is 54.9 Å². The monoisotopic (exact) mass is 283 g/mol. The van der Waals surface area contributed by atoms with Crippen LogP contribution in [0.4, 0.5) is 0 Å². The van der Waals surface area contributed by atoms with Crippen molar-refractivity contribution in [2.45, 2.75) is 51.1 Å². The fraction of sp³-hybridized carbons (Fsp3) is 0.474. The lowest BCUT2D eigenvalue weighted by atomic mass is 10.0. The molecule has 0 aromatic heterocycles. The first kappa shape index (κ1) is 14.4. The van der Waals surface area contributed by atoms with Crippen LogP contribution in [0.5, 0.6) is 5.75 Å². The highest BCUT2D eigenvalue weighted by atomic mass is 16.5. The average Bonchev–Trinajstić information content (AvgIpc) is 2.81. The Morgan fingerprint density at radius 1 is 0.952 bits per heavy atom. The number of methoxy groups -OCH3 is 1. The maximum absolute atomic E-state index is 5.47. The van der Waals surface area contributed by atoms with Crippen LogP contribution < -0.4 is 10.1 Å². The smallest absolute Gasteiger partial charge is 0.126 e. The molecule has 1 aliphatic carbocycles. The molecule has 0 amide bonds. The van der Waals surface area contributed by atoms with Crippen molar-refractivity contribution < 1.29 is 4.74 Å². The first-order chi connectivity index (χ1) is 10.4. The van der Waals surface area contributed by atoms with Gasteiger partial charge in [-0.1, -0.05) is 56.0 Å². The summed E-state index contributed by atoms with van der Waals surface area (Å²) in [5, 5.41) is 6.28. The number of fused-ring (bicyclic) bond motifs is 1. The second-order valence-corrected chi connectivity index (χ2v) is 6.04. The zero-order chi connectivity index (χ0) is 14.5. The predicted octanol–water partition coefficient (Wildman–Crippen LogP) is 4.66. The Kier molecular flexibility index (Phi) is 4.76. The molecule has 2 aromatic rings. The van der Waals surface area contributed by atoms with Crippen LogP contribution in [-0.4, -0.2) is 13.2 Å². The van der Waals surface area contributed by atoms with Gasteiger partial charge in [-0.05, 0) is 29.9 Å². The lowest BCUT2D eigenvalue weighted by Gasteiger charge is -2.17. The summed E-state index contributed by atoms with van der Waals surface area (Å²) in [4.78, 5) is 0. The molecule has 2 heteroatoms. The molecule has 1 fully saturated rings. The third-order valence-electron chi connectivity index (χ3n) is 4.63. The Bertz CT molecular complexity index is 585. The molecule has 1 aliphatic rings. The van der Waals surface area contributed by atoms with Crippen molar-refractivity contribution in [3.8, 4) is 5.75 Å². The number of hydrogen-bond acceptors (Lipinski definition) is 2. The molecular weight excluding hydrogens is 258 g/mol. The molecule has 112 valence electrons. The number of benzene rings is 2. The molecule has 0 spiro atoms. The van der Waals surface area contributed by atoms with Crippen molar-refractivity contribution in [3.05, 3.63) is 42.0 Å². The van der Waals surface area contributed by atoms with Crippen LogP contribution in [0.1, 0.15) is 44.1 Å². The van der Waals surface area contributed by atoms with E-state index in [1.807, 2.05) is 0 Å². The summed E-state index contributed by atoms with van der Waals surface area (Å²) in [6.45, 7) is 0.954. The molecule has 0 radical (unpaired) electrons. The summed E-state index contributed by atoms with van der Waals surface area (Å²) in [6, 6.07) is 13.5. The van der Waals surface area contributed by atoms with Crippen LogP contribution in [0.25, 0.3) is 10.8 Å². The second-order valence-electron chi connectivity index (χ2n) is 6.04. The SMILES string of the molecule is COc1ccc(CNC2CCCCCC2)c2ccccc12. The molecule has 2 nitrogen and oxygen atoms in total. The third-order valence-corrected chi connectivity index (χ3v) is 4.63. The van der Waals surface area contributed by atoms with Crippen LogP contribution in [0.15, 0.2) is 36.4 Å².